The summed E-state index contributed by atoms with van der Waals surface area (Å²) in [4.78, 5) is 35.3. The van der Waals surface area contributed by atoms with Gasteiger partial charge in [-0.2, -0.15) is 0 Å². The van der Waals surface area contributed by atoms with Gasteiger partial charge < -0.3 is 20.1 Å². The predicted octanol–water partition coefficient (Wildman–Crippen LogP) is 1.41. The molecule has 0 radical (unpaired) electrons. The number of rotatable bonds is 7. The van der Waals surface area contributed by atoms with Gasteiger partial charge in [0.2, 0.25) is 0 Å². The monoisotopic (exact) mass is 377 g/mol. The number of nitro benzene ring substituents is 1. The van der Waals surface area contributed by atoms with E-state index in [4.69, 9.17) is 9.47 Å². The standard InChI is InChI=1S/C18H23N3O6/c22-17(19-10-15-3-1-5-26-15)12-7-13(9-14(8-12)21(24)25)18(23)20-11-16-4-2-6-27-16/h7-9,15-16H,1-6,10-11H2,(H,19,22)(H,20,23)/t15-,16+. The zero-order valence-corrected chi connectivity index (χ0v) is 14.9. The van der Waals surface area contributed by atoms with Crippen LogP contribution < -0.4 is 10.6 Å². The van der Waals surface area contributed by atoms with Crippen molar-refractivity contribution in [3.05, 3.63) is 39.4 Å². The van der Waals surface area contributed by atoms with Crippen LogP contribution in [0.25, 0.3) is 0 Å². The minimum absolute atomic E-state index is 0.0400. The van der Waals surface area contributed by atoms with Crippen LogP contribution in [0.5, 0.6) is 0 Å². The van der Waals surface area contributed by atoms with Gasteiger partial charge in [-0.05, 0) is 31.7 Å². The zero-order valence-electron chi connectivity index (χ0n) is 14.9. The summed E-state index contributed by atoms with van der Waals surface area (Å²) in [7, 11) is 0. The van der Waals surface area contributed by atoms with E-state index in [2.05, 4.69) is 10.6 Å². The molecule has 2 saturated heterocycles. The van der Waals surface area contributed by atoms with Gasteiger partial charge in [0.1, 0.15) is 0 Å². The first-order chi connectivity index (χ1) is 13.0. The Labute approximate surface area is 156 Å². The molecule has 2 atom stereocenters. The van der Waals surface area contributed by atoms with Crippen molar-refractivity contribution in [1.29, 1.82) is 0 Å². The van der Waals surface area contributed by atoms with Gasteiger partial charge in [0.05, 0.1) is 17.1 Å². The fourth-order valence-corrected chi connectivity index (χ4v) is 3.21. The SMILES string of the molecule is O=C(NC[C@H]1CCCO1)c1cc(C(=O)NC[C@@H]2CCCO2)cc([N+](=O)[O-])c1. The van der Waals surface area contributed by atoms with E-state index >= 15 is 0 Å². The number of nitro groups is 1. The molecule has 0 aromatic heterocycles. The molecule has 2 aliphatic heterocycles. The smallest absolute Gasteiger partial charge is 0.271 e. The molecule has 3 rings (SSSR count). The van der Waals surface area contributed by atoms with Crippen LogP contribution in [0.1, 0.15) is 46.4 Å². The maximum absolute atomic E-state index is 12.4. The summed E-state index contributed by atoms with van der Waals surface area (Å²) in [5.41, 5.74) is -0.157. The number of carbonyl (C=O) groups is 2. The van der Waals surface area contributed by atoms with Gasteiger partial charge in [0.15, 0.2) is 0 Å². The lowest BCUT2D eigenvalue weighted by atomic mass is 10.1. The summed E-state index contributed by atoms with van der Waals surface area (Å²) in [6.07, 6.45) is 3.56. The number of nitrogens with zero attached hydrogens (tertiary/aromatic N) is 1. The lowest BCUT2D eigenvalue weighted by molar-refractivity contribution is -0.384. The molecule has 2 amide bonds. The molecular weight excluding hydrogens is 354 g/mol. The Hall–Kier alpha value is -2.52. The summed E-state index contributed by atoms with van der Waals surface area (Å²) in [6.45, 7) is 2.02. The summed E-state index contributed by atoms with van der Waals surface area (Å²) < 4.78 is 10.9. The Morgan fingerprint density at radius 2 is 1.44 bits per heavy atom. The average molecular weight is 377 g/mol. The first-order valence-corrected chi connectivity index (χ1v) is 9.12. The lowest BCUT2D eigenvalue weighted by Gasteiger charge is -2.12. The number of ether oxygens (including phenoxy) is 2. The van der Waals surface area contributed by atoms with Crippen molar-refractivity contribution in [1.82, 2.24) is 10.6 Å². The van der Waals surface area contributed by atoms with Crippen molar-refractivity contribution in [2.75, 3.05) is 26.3 Å². The molecule has 2 fully saturated rings. The highest BCUT2D eigenvalue weighted by molar-refractivity contribution is 6.00. The maximum atomic E-state index is 12.4. The molecule has 9 nitrogen and oxygen atoms in total. The summed E-state index contributed by atoms with van der Waals surface area (Å²) in [5.74, 6) is -0.940. The van der Waals surface area contributed by atoms with E-state index in [1.807, 2.05) is 0 Å². The molecule has 27 heavy (non-hydrogen) atoms. The van der Waals surface area contributed by atoms with Gasteiger partial charge >= 0.3 is 0 Å². The number of hydrogen-bond donors (Lipinski definition) is 2. The topological polar surface area (TPSA) is 120 Å². The van der Waals surface area contributed by atoms with E-state index in [9.17, 15) is 19.7 Å². The molecule has 0 aliphatic carbocycles. The number of amides is 2. The number of non-ortho nitro benzene ring substituents is 1. The van der Waals surface area contributed by atoms with E-state index in [0.717, 1.165) is 25.7 Å². The van der Waals surface area contributed by atoms with Crippen LogP contribution in [-0.4, -0.2) is 55.2 Å². The van der Waals surface area contributed by atoms with Crippen molar-refractivity contribution < 1.29 is 24.0 Å². The van der Waals surface area contributed by atoms with Crippen molar-refractivity contribution >= 4 is 17.5 Å². The molecule has 0 saturated carbocycles. The van der Waals surface area contributed by atoms with E-state index in [1.54, 1.807) is 0 Å². The van der Waals surface area contributed by atoms with Crippen LogP contribution in [0, 0.1) is 10.1 Å². The normalized spacial score (nSPS) is 21.8. The molecule has 2 aliphatic rings. The Morgan fingerprint density at radius 3 is 1.81 bits per heavy atom. The van der Waals surface area contributed by atoms with Gasteiger partial charge in [-0.15, -0.1) is 0 Å². The first kappa shape index (κ1) is 19.2. The van der Waals surface area contributed by atoms with Crippen molar-refractivity contribution in [2.24, 2.45) is 0 Å². The molecule has 1 aromatic rings. The summed E-state index contributed by atoms with van der Waals surface area (Å²) in [6, 6.07) is 3.70. The van der Waals surface area contributed by atoms with Gasteiger partial charge in [-0.3, -0.25) is 19.7 Å². The Kier molecular flexibility index (Phi) is 6.36. The molecular formula is C18H23N3O6. The fourth-order valence-electron chi connectivity index (χ4n) is 3.21. The highest BCUT2D eigenvalue weighted by Gasteiger charge is 2.21. The minimum atomic E-state index is -0.617. The summed E-state index contributed by atoms with van der Waals surface area (Å²) in [5, 5.41) is 16.6. The third-order valence-corrected chi connectivity index (χ3v) is 4.68. The van der Waals surface area contributed by atoms with E-state index < -0.39 is 16.7 Å². The Bertz CT molecular complexity index is 661. The molecule has 0 bridgehead atoms. The largest absolute Gasteiger partial charge is 0.376 e. The van der Waals surface area contributed by atoms with Crippen LogP contribution in [0.15, 0.2) is 18.2 Å². The summed E-state index contributed by atoms with van der Waals surface area (Å²) >= 11 is 0. The van der Waals surface area contributed by atoms with Crippen molar-refractivity contribution in [2.45, 2.75) is 37.9 Å². The lowest BCUT2D eigenvalue weighted by Crippen LogP contribution is -2.33. The van der Waals surface area contributed by atoms with Crippen LogP contribution >= 0.6 is 0 Å². The minimum Gasteiger partial charge on any atom is -0.376 e. The molecule has 1 aromatic carbocycles. The van der Waals surface area contributed by atoms with Crippen LogP contribution in [0.4, 0.5) is 5.69 Å². The fraction of sp³-hybridized carbons (Fsp3) is 0.556. The molecule has 0 unspecified atom stereocenters. The first-order valence-electron chi connectivity index (χ1n) is 9.12. The molecule has 2 heterocycles. The highest BCUT2D eigenvalue weighted by Crippen LogP contribution is 2.18. The molecule has 0 spiro atoms. The molecule has 9 heteroatoms. The van der Waals surface area contributed by atoms with Gasteiger partial charge in [0, 0.05) is 49.6 Å². The van der Waals surface area contributed by atoms with Crippen LogP contribution in [-0.2, 0) is 9.47 Å². The zero-order chi connectivity index (χ0) is 19.2. The van der Waals surface area contributed by atoms with Gasteiger partial charge in [-0.1, -0.05) is 0 Å². The highest BCUT2D eigenvalue weighted by atomic mass is 16.6. The Morgan fingerprint density at radius 1 is 0.963 bits per heavy atom. The predicted molar refractivity (Wildman–Crippen MR) is 95.7 cm³/mol. The van der Waals surface area contributed by atoms with Crippen molar-refractivity contribution in [3.63, 3.8) is 0 Å². The number of carbonyl (C=O) groups excluding carboxylic acids is 2. The second kappa shape index (κ2) is 8.92. The van der Waals surface area contributed by atoms with E-state index in [1.165, 1.54) is 18.2 Å². The third kappa shape index (κ3) is 5.24. The Balaban J connectivity index is 1.68. The number of hydrogen-bond acceptors (Lipinski definition) is 6. The number of benzene rings is 1. The van der Waals surface area contributed by atoms with E-state index in [-0.39, 0.29) is 29.0 Å². The quantitative estimate of drug-likeness (QED) is 0.548. The molecule has 2 N–H and O–H groups in total. The average Bonchev–Trinajstić information content (AvgIpc) is 3.37. The molecule has 146 valence electrons. The third-order valence-electron chi connectivity index (χ3n) is 4.68. The second-order valence-electron chi connectivity index (χ2n) is 6.72. The second-order valence-corrected chi connectivity index (χ2v) is 6.72. The van der Waals surface area contributed by atoms with Gasteiger partial charge in [0.25, 0.3) is 17.5 Å². The number of nitrogens with one attached hydrogen (secondary N) is 2. The van der Waals surface area contributed by atoms with Crippen molar-refractivity contribution in [3.8, 4) is 0 Å². The van der Waals surface area contributed by atoms with Crippen LogP contribution in [0.2, 0.25) is 0 Å². The van der Waals surface area contributed by atoms with Gasteiger partial charge in [-0.25, -0.2) is 0 Å². The maximum Gasteiger partial charge on any atom is 0.271 e. The van der Waals surface area contributed by atoms with E-state index in [0.29, 0.717) is 26.3 Å². The van der Waals surface area contributed by atoms with Crippen LogP contribution in [0.3, 0.4) is 0 Å².